The van der Waals surface area contributed by atoms with Gasteiger partial charge in [-0.05, 0) is 17.7 Å². The number of carbonyl (C=O) groups excluding carboxylic acids is 1. The van der Waals surface area contributed by atoms with Gasteiger partial charge in [0, 0.05) is 26.2 Å². The molecule has 0 spiro atoms. The number of hydrogen-bond acceptors (Lipinski definition) is 8. The molecular weight excluding hydrogens is 412 g/mol. The number of nitrogens with one attached hydrogen (secondary N) is 3. The minimum absolute atomic E-state index is 0.105. The Hall–Kier alpha value is -1.61. The van der Waals surface area contributed by atoms with Crippen molar-refractivity contribution in [3.63, 3.8) is 0 Å². The molecule has 1 aromatic rings. The molecular formula is C15H22N4O7S2. The van der Waals surface area contributed by atoms with Crippen molar-refractivity contribution in [2.45, 2.75) is 23.0 Å². The second-order valence-electron chi connectivity index (χ2n) is 6.33. The maximum absolute atomic E-state index is 12.6. The van der Waals surface area contributed by atoms with Crippen LogP contribution in [0.15, 0.2) is 29.2 Å². The third-order valence-electron chi connectivity index (χ3n) is 4.45. The highest BCUT2D eigenvalue weighted by Crippen LogP contribution is 2.18. The number of benzene rings is 1. The van der Waals surface area contributed by atoms with Crippen molar-refractivity contribution in [2.75, 3.05) is 32.8 Å². The number of ether oxygens (including phenoxy) is 1. The van der Waals surface area contributed by atoms with Gasteiger partial charge in [-0.15, -0.1) is 0 Å². The highest BCUT2D eigenvalue weighted by Gasteiger charge is 2.36. The SMILES string of the molecule is O=C1NC(O)NCC1S(=O)(=O)NCc1ccc(S(=O)(=O)N2CCOCC2)cc1. The van der Waals surface area contributed by atoms with E-state index in [0.717, 1.165) is 0 Å². The van der Waals surface area contributed by atoms with Gasteiger partial charge in [0.1, 0.15) is 0 Å². The van der Waals surface area contributed by atoms with Crippen LogP contribution in [0.4, 0.5) is 0 Å². The van der Waals surface area contributed by atoms with Crippen LogP contribution in [0.1, 0.15) is 5.56 Å². The molecule has 2 heterocycles. The van der Waals surface area contributed by atoms with Crippen molar-refractivity contribution >= 4 is 26.0 Å². The molecule has 13 heteroatoms. The number of sulfonamides is 2. The van der Waals surface area contributed by atoms with Gasteiger partial charge in [-0.1, -0.05) is 12.1 Å². The molecule has 2 atom stereocenters. The summed E-state index contributed by atoms with van der Waals surface area (Å²) in [6, 6.07) is 5.86. The second kappa shape index (κ2) is 8.41. The molecule has 11 nitrogen and oxygen atoms in total. The molecule has 4 N–H and O–H groups in total. The molecule has 0 aromatic heterocycles. The Bertz CT molecular complexity index is 912. The van der Waals surface area contributed by atoms with Crippen LogP contribution in [-0.4, -0.2) is 76.6 Å². The summed E-state index contributed by atoms with van der Waals surface area (Å²) in [5.74, 6) is -0.800. The van der Waals surface area contributed by atoms with Crippen molar-refractivity contribution in [1.29, 1.82) is 0 Å². The van der Waals surface area contributed by atoms with E-state index in [1.807, 2.05) is 0 Å². The average Bonchev–Trinajstić information content (AvgIpc) is 2.67. The van der Waals surface area contributed by atoms with Gasteiger partial charge in [-0.2, -0.15) is 4.31 Å². The summed E-state index contributed by atoms with van der Waals surface area (Å²) in [6.45, 7) is 0.942. The summed E-state index contributed by atoms with van der Waals surface area (Å²) in [5, 5.41) is 12.4. The van der Waals surface area contributed by atoms with Gasteiger partial charge in [0.05, 0.1) is 18.1 Å². The number of nitrogens with zero attached hydrogens (tertiary/aromatic N) is 1. The summed E-state index contributed by atoms with van der Waals surface area (Å²) in [6.07, 6.45) is -1.28. The molecule has 2 aliphatic rings. The Morgan fingerprint density at radius 1 is 1.14 bits per heavy atom. The first-order chi connectivity index (χ1) is 13.2. The van der Waals surface area contributed by atoms with Crippen LogP contribution in [0, 0.1) is 0 Å². The van der Waals surface area contributed by atoms with Gasteiger partial charge in [-0.25, -0.2) is 21.6 Å². The second-order valence-corrected chi connectivity index (χ2v) is 10.2. The smallest absolute Gasteiger partial charge is 0.244 e. The number of rotatable bonds is 6. The van der Waals surface area contributed by atoms with E-state index in [2.05, 4.69) is 15.4 Å². The van der Waals surface area contributed by atoms with E-state index in [1.54, 1.807) is 0 Å². The Kier molecular flexibility index (Phi) is 6.34. The monoisotopic (exact) mass is 434 g/mol. The highest BCUT2D eigenvalue weighted by atomic mass is 32.2. The predicted molar refractivity (Wildman–Crippen MR) is 97.7 cm³/mol. The molecule has 0 saturated carbocycles. The first-order valence-corrected chi connectivity index (χ1v) is 11.6. The zero-order valence-electron chi connectivity index (χ0n) is 14.9. The minimum atomic E-state index is -3.99. The maximum Gasteiger partial charge on any atom is 0.244 e. The van der Waals surface area contributed by atoms with Crippen molar-refractivity contribution in [3.8, 4) is 0 Å². The quantitative estimate of drug-likeness (QED) is 0.383. The lowest BCUT2D eigenvalue weighted by Crippen LogP contribution is -2.62. The van der Waals surface area contributed by atoms with Gasteiger partial charge >= 0.3 is 0 Å². The van der Waals surface area contributed by atoms with Crippen LogP contribution in [-0.2, 0) is 36.1 Å². The molecule has 2 saturated heterocycles. The maximum atomic E-state index is 12.6. The summed E-state index contributed by atoms with van der Waals surface area (Å²) >= 11 is 0. The van der Waals surface area contributed by atoms with Crippen molar-refractivity contribution in [1.82, 2.24) is 19.7 Å². The topological polar surface area (TPSA) is 154 Å². The largest absolute Gasteiger partial charge is 0.379 e. The lowest BCUT2D eigenvalue weighted by atomic mass is 10.2. The molecule has 0 radical (unpaired) electrons. The van der Waals surface area contributed by atoms with E-state index in [0.29, 0.717) is 18.8 Å². The molecule has 2 aliphatic heterocycles. The van der Waals surface area contributed by atoms with Gasteiger partial charge in [0.2, 0.25) is 26.0 Å². The number of carbonyl (C=O) groups is 1. The molecule has 3 rings (SSSR count). The predicted octanol–water partition coefficient (Wildman–Crippen LogP) is -2.51. The number of amides is 1. The fourth-order valence-corrected chi connectivity index (χ4v) is 5.48. The molecule has 2 unspecified atom stereocenters. The van der Waals surface area contributed by atoms with Crippen LogP contribution in [0.3, 0.4) is 0 Å². The summed E-state index contributed by atoms with van der Waals surface area (Å²) in [7, 11) is -7.61. The van der Waals surface area contributed by atoms with E-state index in [4.69, 9.17) is 4.74 Å². The van der Waals surface area contributed by atoms with Crippen molar-refractivity contribution in [2.24, 2.45) is 0 Å². The molecule has 2 fully saturated rings. The first kappa shape index (κ1) is 21.1. The fourth-order valence-electron chi connectivity index (χ4n) is 2.84. The number of aliphatic hydroxyl groups is 1. The fraction of sp³-hybridized carbons (Fsp3) is 0.533. The van der Waals surface area contributed by atoms with Gasteiger partial charge in [-0.3, -0.25) is 10.1 Å². The average molecular weight is 434 g/mol. The molecule has 0 aliphatic carbocycles. The Balaban J connectivity index is 1.63. The van der Waals surface area contributed by atoms with Crippen molar-refractivity contribution < 1.29 is 31.5 Å². The Morgan fingerprint density at radius 2 is 1.79 bits per heavy atom. The van der Waals surface area contributed by atoms with E-state index in [9.17, 15) is 26.7 Å². The number of morpholine rings is 1. The lowest BCUT2D eigenvalue weighted by Gasteiger charge is -2.27. The zero-order valence-corrected chi connectivity index (χ0v) is 16.5. The molecule has 28 heavy (non-hydrogen) atoms. The summed E-state index contributed by atoms with van der Waals surface area (Å²) < 4.78 is 58.6. The minimum Gasteiger partial charge on any atom is -0.379 e. The van der Waals surface area contributed by atoms with Crippen LogP contribution in [0.5, 0.6) is 0 Å². The first-order valence-electron chi connectivity index (χ1n) is 8.57. The molecule has 1 aromatic carbocycles. The highest BCUT2D eigenvalue weighted by molar-refractivity contribution is 7.90. The van der Waals surface area contributed by atoms with E-state index in [1.165, 1.54) is 28.6 Å². The van der Waals surface area contributed by atoms with Crippen molar-refractivity contribution in [3.05, 3.63) is 29.8 Å². The van der Waals surface area contributed by atoms with Crippen LogP contribution in [0.2, 0.25) is 0 Å². The molecule has 1 amide bonds. The number of hydrogen-bond donors (Lipinski definition) is 4. The molecule has 0 bridgehead atoms. The third-order valence-corrected chi connectivity index (χ3v) is 8.04. The van der Waals surface area contributed by atoms with E-state index >= 15 is 0 Å². The summed E-state index contributed by atoms with van der Waals surface area (Å²) in [5.41, 5.74) is 0.536. The standard InChI is InChI=1S/C15H22N4O7S2/c20-14-13(10-16-15(21)18-14)27(22,23)17-9-11-1-3-12(4-2-11)28(24,25)19-5-7-26-8-6-19/h1-4,13,15-17,21H,5-10H2,(H,18,20). The van der Waals surface area contributed by atoms with Crippen LogP contribution < -0.4 is 15.4 Å². The van der Waals surface area contributed by atoms with E-state index in [-0.39, 0.29) is 31.1 Å². The van der Waals surface area contributed by atoms with Gasteiger partial charge < -0.3 is 15.2 Å². The van der Waals surface area contributed by atoms with E-state index < -0.39 is 37.6 Å². The number of aliphatic hydroxyl groups excluding tert-OH is 1. The van der Waals surface area contributed by atoms with Crippen LogP contribution >= 0.6 is 0 Å². The lowest BCUT2D eigenvalue weighted by molar-refractivity contribution is -0.126. The third kappa shape index (κ3) is 4.68. The Morgan fingerprint density at radius 3 is 2.39 bits per heavy atom. The summed E-state index contributed by atoms with van der Waals surface area (Å²) in [4.78, 5) is 11.9. The normalized spacial score (nSPS) is 24.7. The molecule has 156 valence electrons. The zero-order chi connectivity index (χ0) is 20.4. The van der Waals surface area contributed by atoms with Gasteiger partial charge in [0.25, 0.3) is 0 Å². The van der Waals surface area contributed by atoms with Crippen LogP contribution in [0.25, 0.3) is 0 Å². The Labute approximate surface area is 163 Å². The van der Waals surface area contributed by atoms with Gasteiger partial charge in [0.15, 0.2) is 11.6 Å².